The van der Waals surface area contributed by atoms with Gasteiger partial charge in [-0.05, 0) is 42.5 Å². The molecule has 0 spiro atoms. The average molecular weight is 396 g/mol. The van der Waals surface area contributed by atoms with E-state index in [0.29, 0.717) is 6.61 Å². The fraction of sp³-hybridized carbons (Fsp3) is 0.440. The maximum atomic E-state index is 6.40. The summed E-state index contributed by atoms with van der Waals surface area (Å²) in [6.45, 7) is 6.08. The van der Waals surface area contributed by atoms with Crippen molar-refractivity contribution >= 4 is 27.2 Å². The monoisotopic (exact) mass is 395 g/mol. The molecule has 0 radical (unpaired) electrons. The highest BCUT2D eigenvalue weighted by molar-refractivity contribution is 6.13. The van der Waals surface area contributed by atoms with E-state index in [1.807, 2.05) is 18.2 Å². The molecule has 0 bridgehead atoms. The molecule has 3 aromatic carbocycles. The predicted octanol–water partition coefficient (Wildman–Crippen LogP) is 6.43. The second-order valence-corrected chi connectivity index (χ2v) is 7.45. The minimum atomic E-state index is 0.668. The molecule has 0 aliphatic rings. The zero-order valence-electron chi connectivity index (χ0n) is 18.4. The van der Waals surface area contributed by atoms with Gasteiger partial charge in [0.25, 0.3) is 0 Å². The van der Waals surface area contributed by atoms with Crippen molar-refractivity contribution in [2.24, 2.45) is 0 Å². The second-order valence-electron chi connectivity index (χ2n) is 7.45. The summed E-state index contributed by atoms with van der Waals surface area (Å²) in [5.41, 5.74) is 1.19. The van der Waals surface area contributed by atoms with Crippen LogP contribution in [0.15, 0.2) is 36.4 Å². The van der Waals surface area contributed by atoms with Crippen LogP contribution < -0.4 is 19.1 Å². The van der Waals surface area contributed by atoms with Gasteiger partial charge in [0, 0.05) is 24.7 Å². The van der Waals surface area contributed by atoms with Gasteiger partial charge in [-0.2, -0.15) is 0 Å². The quantitative estimate of drug-likeness (QED) is 0.292. The molecule has 0 saturated heterocycles. The molecule has 0 amide bonds. The molecular weight excluding hydrogens is 362 g/mol. The first-order valence-electron chi connectivity index (χ1n) is 10.6. The van der Waals surface area contributed by atoms with Crippen LogP contribution in [0.4, 0.5) is 5.69 Å². The summed E-state index contributed by atoms with van der Waals surface area (Å²) in [7, 11) is 5.59. The van der Waals surface area contributed by atoms with Crippen molar-refractivity contribution < 1.29 is 14.2 Å². The van der Waals surface area contributed by atoms with Gasteiger partial charge < -0.3 is 19.1 Å². The predicted molar refractivity (Wildman–Crippen MR) is 123 cm³/mol. The lowest BCUT2D eigenvalue weighted by Crippen LogP contribution is -2.18. The number of unbranched alkanes of at least 4 members (excludes halogenated alkanes) is 2. The van der Waals surface area contributed by atoms with Gasteiger partial charge in [0.1, 0.15) is 17.2 Å². The average Bonchev–Trinajstić information content (AvgIpc) is 2.75. The SMILES string of the molecule is CCCCOc1c2c(OC)cccc2cc2c(N(C)CCCC)ccc(OC)c12. The summed E-state index contributed by atoms with van der Waals surface area (Å²) in [5.74, 6) is 2.50. The Morgan fingerprint density at radius 3 is 2.28 bits per heavy atom. The van der Waals surface area contributed by atoms with Gasteiger partial charge in [-0.15, -0.1) is 0 Å². The van der Waals surface area contributed by atoms with Crippen LogP contribution in [0, 0.1) is 0 Å². The van der Waals surface area contributed by atoms with E-state index in [-0.39, 0.29) is 0 Å². The summed E-state index contributed by atoms with van der Waals surface area (Å²) in [6.07, 6.45) is 4.42. The Labute approximate surface area is 174 Å². The minimum absolute atomic E-state index is 0.668. The Morgan fingerprint density at radius 1 is 0.862 bits per heavy atom. The molecule has 0 N–H and O–H groups in total. The Kier molecular flexibility index (Phi) is 7.08. The topological polar surface area (TPSA) is 30.9 Å². The van der Waals surface area contributed by atoms with Crippen molar-refractivity contribution in [3.8, 4) is 17.2 Å². The largest absolute Gasteiger partial charge is 0.496 e. The van der Waals surface area contributed by atoms with Crippen LogP contribution in [0.25, 0.3) is 21.5 Å². The Hall–Kier alpha value is -2.62. The zero-order valence-corrected chi connectivity index (χ0v) is 18.4. The van der Waals surface area contributed by atoms with Gasteiger partial charge in [0.05, 0.1) is 31.6 Å². The summed E-state index contributed by atoms with van der Waals surface area (Å²) in [4.78, 5) is 2.33. The first kappa shape index (κ1) is 21.1. The van der Waals surface area contributed by atoms with Crippen molar-refractivity contribution in [1.82, 2.24) is 0 Å². The van der Waals surface area contributed by atoms with Gasteiger partial charge >= 0.3 is 0 Å². The number of ether oxygens (including phenoxy) is 3. The Bertz CT molecular complexity index is 967. The molecule has 0 aliphatic heterocycles. The number of rotatable bonds is 10. The maximum absolute atomic E-state index is 6.40. The van der Waals surface area contributed by atoms with E-state index in [0.717, 1.165) is 64.6 Å². The second kappa shape index (κ2) is 9.73. The smallest absolute Gasteiger partial charge is 0.142 e. The highest BCUT2D eigenvalue weighted by atomic mass is 16.5. The van der Waals surface area contributed by atoms with Crippen LogP contribution >= 0.6 is 0 Å². The number of benzene rings is 3. The fourth-order valence-electron chi connectivity index (χ4n) is 3.81. The molecule has 0 fully saturated rings. The van der Waals surface area contributed by atoms with Crippen LogP contribution in [-0.4, -0.2) is 34.4 Å². The van der Waals surface area contributed by atoms with Crippen LogP contribution in [-0.2, 0) is 0 Å². The fourth-order valence-corrected chi connectivity index (χ4v) is 3.81. The van der Waals surface area contributed by atoms with E-state index in [4.69, 9.17) is 14.2 Å². The van der Waals surface area contributed by atoms with E-state index in [1.54, 1.807) is 14.2 Å². The van der Waals surface area contributed by atoms with Crippen LogP contribution in [0.3, 0.4) is 0 Å². The molecule has 0 aromatic heterocycles. The number of anilines is 1. The number of hydrogen-bond donors (Lipinski definition) is 0. The van der Waals surface area contributed by atoms with Gasteiger partial charge in [-0.25, -0.2) is 0 Å². The van der Waals surface area contributed by atoms with Crippen molar-refractivity contribution in [2.75, 3.05) is 39.3 Å². The van der Waals surface area contributed by atoms with Crippen molar-refractivity contribution in [2.45, 2.75) is 39.5 Å². The third-order valence-electron chi connectivity index (χ3n) is 5.44. The molecule has 0 atom stereocenters. The summed E-state index contributed by atoms with van der Waals surface area (Å²) < 4.78 is 17.9. The van der Waals surface area contributed by atoms with Crippen LogP contribution in [0.2, 0.25) is 0 Å². The van der Waals surface area contributed by atoms with Gasteiger partial charge in [0.15, 0.2) is 0 Å². The highest BCUT2D eigenvalue weighted by Gasteiger charge is 2.20. The zero-order chi connectivity index (χ0) is 20.8. The molecule has 156 valence electrons. The van der Waals surface area contributed by atoms with E-state index in [9.17, 15) is 0 Å². The number of fused-ring (bicyclic) bond motifs is 2. The summed E-state index contributed by atoms with van der Waals surface area (Å²) in [5, 5.41) is 4.28. The summed E-state index contributed by atoms with van der Waals surface area (Å²) >= 11 is 0. The first-order valence-corrected chi connectivity index (χ1v) is 10.6. The molecule has 3 rings (SSSR count). The minimum Gasteiger partial charge on any atom is -0.496 e. The molecule has 0 saturated carbocycles. The lowest BCUT2D eigenvalue weighted by molar-refractivity contribution is 0.314. The van der Waals surface area contributed by atoms with Crippen LogP contribution in [0.1, 0.15) is 39.5 Å². The van der Waals surface area contributed by atoms with E-state index in [1.165, 1.54) is 12.1 Å². The lowest BCUT2D eigenvalue weighted by atomic mass is 9.98. The third kappa shape index (κ3) is 4.21. The lowest BCUT2D eigenvalue weighted by Gasteiger charge is -2.24. The van der Waals surface area contributed by atoms with E-state index >= 15 is 0 Å². The molecule has 0 unspecified atom stereocenters. The molecular formula is C25H33NO3. The number of methoxy groups -OCH3 is 2. The van der Waals surface area contributed by atoms with Gasteiger partial charge in [0.2, 0.25) is 0 Å². The molecule has 29 heavy (non-hydrogen) atoms. The van der Waals surface area contributed by atoms with Gasteiger partial charge in [-0.1, -0.05) is 38.8 Å². The van der Waals surface area contributed by atoms with E-state index in [2.05, 4.69) is 44.0 Å². The first-order chi connectivity index (χ1) is 14.2. The molecule has 4 nitrogen and oxygen atoms in total. The standard InChI is InChI=1S/C25H33NO3/c1-6-8-15-26(3)20-13-14-22(28-5)24-19(20)17-18-11-10-12-21(27-4)23(18)25(24)29-16-9-7-2/h10-14,17H,6-9,15-16H2,1-5H3. The molecule has 3 aromatic rings. The summed E-state index contributed by atoms with van der Waals surface area (Å²) in [6, 6.07) is 12.6. The van der Waals surface area contributed by atoms with Crippen molar-refractivity contribution in [3.05, 3.63) is 36.4 Å². The molecule has 0 aliphatic carbocycles. The van der Waals surface area contributed by atoms with Gasteiger partial charge in [-0.3, -0.25) is 0 Å². The van der Waals surface area contributed by atoms with Crippen LogP contribution in [0.5, 0.6) is 17.2 Å². The highest BCUT2D eigenvalue weighted by Crippen LogP contribution is 2.46. The van der Waals surface area contributed by atoms with E-state index < -0.39 is 0 Å². The van der Waals surface area contributed by atoms with Crippen molar-refractivity contribution in [3.63, 3.8) is 0 Å². The van der Waals surface area contributed by atoms with Crippen molar-refractivity contribution in [1.29, 1.82) is 0 Å². The third-order valence-corrected chi connectivity index (χ3v) is 5.44. The Balaban J connectivity index is 2.34. The maximum Gasteiger partial charge on any atom is 0.142 e. The molecule has 0 heterocycles. The number of hydrogen-bond acceptors (Lipinski definition) is 4. The molecule has 4 heteroatoms. The normalized spacial score (nSPS) is 11.1. The Morgan fingerprint density at radius 2 is 1.59 bits per heavy atom. The number of nitrogens with zero attached hydrogens (tertiary/aromatic N) is 1.